The first-order valence-corrected chi connectivity index (χ1v) is 8.23. The molecule has 0 amide bonds. The van der Waals surface area contributed by atoms with Crippen LogP contribution in [-0.4, -0.2) is 25.8 Å². The van der Waals surface area contributed by atoms with Crippen molar-refractivity contribution in [1.82, 2.24) is 4.31 Å². The molecule has 1 aromatic carbocycles. The Labute approximate surface area is 123 Å². The summed E-state index contributed by atoms with van der Waals surface area (Å²) in [7, 11) is -1.87. The molecule has 0 heterocycles. The van der Waals surface area contributed by atoms with Crippen molar-refractivity contribution < 1.29 is 8.42 Å². The highest BCUT2D eigenvalue weighted by atomic mass is 32.2. The lowest BCUT2D eigenvalue weighted by atomic mass is 9.88. The van der Waals surface area contributed by atoms with E-state index in [1.54, 1.807) is 13.1 Å². The Morgan fingerprint density at radius 1 is 1.30 bits per heavy atom. The fourth-order valence-electron chi connectivity index (χ4n) is 1.96. The highest BCUT2D eigenvalue weighted by Gasteiger charge is 2.33. The first-order valence-electron chi connectivity index (χ1n) is 6.79. The monoisotopic (exact) mass is 298 g/mol. The third-order valence-corrected chi connectivity index (χ3v) is 6.01. The molecule has 1 atom stereocenters. The number of benzene rings is 1. The Morgan fingerprint density at radius 3 is 2.30 bits per heavy atom. The van der Waals surface area contributed by atoms with Crippen molar-refractivity contribution in [2.75, 3.05) is 7.05 Å². The zero-order chi connectivity index (χ0) is 15.7. The van der Waals surface area contributed by atoms with Crippen molar-refractivity contribution in [2.24, 2.45) is 11.1 Å². The van der Waals surface area contributed by atoms with Crippen LogP contribution in [0.5, 0.6) is 0 Å². The second-order valence-electron chi connectivity index (χ2n) is 6.37. The van der Waals surface area contributed by atoms with E-state index in [-0.39, 0.29) is 11.5 Å². The Balaban J connectivity index is 3.30. The maximum atomic E-state index is 12.8. The van der Waals surface area contributed by atoms with Crippen LogP contribution >= 0.6 is 0 Å². The minimum absolute atomic E-state index is 0.103. The summed E-state index contributed by atoms with van der Waals surface area (Å²) in [4.78, 5) is 0.346. The molecule has 0 aliphatic heterocycles. The maximum absolute atomic E-state index is 12.8. The van der Waals surface area contributed by atoms with Crippen molar-refractivity contribution in [3.8, 4) is 0 Å². The van der Waals surface area contributed by atoms with Gasteiger partial charge in [0.1, 0.15) is 0 Å². The lowest BCUT2D eigenvalue weighted by Crippen LogP contribution is -2.43. The normalized spacial score (nSPS) is 14.6. The molecule has 0 fully saturated rings. The molecule has 0 aromatic heterocycles. The molecule has 0 saturated heterocycles. The fourth-order valence-corrected chi connectivity index (χ4v) is 3.78. The molecule has 114 valence electrons. The van der Waals surface area contributed by atoms with Crippen LogP contribution < -0.4 is 5.73 Å². The number of nitrogens with zero attached hydrogens (tertiary/aromatic N) is 1. The maximum Gasteiger partial charge on any atom is 0.243 e. The van der Waals surface area contributed by atoms with Gasteiger partial charge in [-0.15, -0.1) is 0 Å². The van der Waals surface area contributed by atoms with Gasteiger partial charge in [0.05, 0.1) is 4.90 Å². The minimum Gasteiger partial charge on any atom is -0.326 e. The van der Waals surface area contributed by atoms with E-state index in [2.05, 4.69) is 0 Å². The van der Waals surface area contributed by atoms with Crippen LogP contribution in [0.25, 0.3) is 0 Å². The Hall–Kier alpha value is -0.910. The van der Waals surface area contributed by atoms with Crippen molar-refractivity contribution in [2.45, 2.75) is 52.1 Å². The zero-order valence-corrected chi connectivity index (χ0v) is 14.1. The zero-order valence-electron chi connectivity index (χ0n) is 13.3. The van der Waals surface area contributed by atoms with Gasteiger partial charge in [-0.05, 0) is 36.5 Å². The van der Waals surface area contributed by atoms with Gasteiger partial charge in [-0.25, -0.2) is 8.42 Å². The first kappa shape index (κ1) is 17.1. The second-order valence-corrected chi connectivity index (χ2v) is 8.33. The minimum atomic E-state index is -3.51. The van der Waals surface area contributed by atoms with E-state index in [0.29, 0.717) is 11.4 Å². The first-order chi connectivity index (χ1) is 9.01. The summed E-state index contributed by atoms with van der Waals surface area (Å²) in [5.74, 6) is 0. The highest BCUT2D eigenvalue weighted by molar-refractivity contribution is 7.89. The van der Waals surface area contributed by atoms with Crippen LogP contribution in [0.1, 0.15) is 38.8 Å². The lowest BCUT2D eigenvalue weighted by molar-refractivity contribution is 0.216. The average molecular weight is 298 g/mol. The SMILES string of the molecule is Cc1ccc(CN)cc1S(=O)(=O)N(C)C(C)C(C)(C)C. The standard InChI is InChI=1S/C15H26N2O2S/c1-11-7-8-13(10-16)9-14(11)20(18,19)17(6)12(2)15(3,4)5/h7-9,12H,10,16H2,1-6H3. The largest absolute Gasteiger partial charge is 0.326 e. The van der Waals surface area contributed by atoms with E-state index < -0.39 is 10.0 Å². The van der Waals surface area contributed by atoms with Gasteiger partial charge in [0, 0.05) is 19.6 Å². The molecule has 4 nitrogen and oxygen atoms in total. The summed E-state index contributed by atoms with van der Waals surface area (Å²) < 4.78 is 27.0. The quantitative estimate of drug-likeness (QED) is 0.929. The molecule has 2 N–H and O–H groups in total. The van der Waals surface area contributed by atoms with E-state index in [4.69, 9.17) is 5.73 Å². The number of hydrogen-bond donors (Lipinski definition) is 1. The fraction of sp³-hybridized carbons (Fsp3) is 0.600. The van der Waals surface area contributed by atoms with Crippen LogP contribution in [-0.2, 0) is 16.6 Å². The summed E-state index contributed by atoms with van der Waals surface area (Å²) in [6.45, 7) is 10.2. The van der Waals surface area contributed by atoms with Gasteiger partial charge in [-0.2, -0.15) is 4.31 Å². The molecule has 5 heteroatoms. The third kappa shape index (κ3) is 3.40. The van der Waals surface area contributed by atoms with Crippen LogP contribution in [0.4, 0.5) is 0 Å². The molecule has 0 spiro atoms. The van der Waals surface area contributed by atoms with Gasteiger partial charge in [-0.1, -0.05) is 32.9 Å². The molecule has 0 radical (unpaired) electrons. The molecular formula is C15H26N2O2S. The molecule has 1 rings (SSSR count). The van der Waals surface area contributed by atoms with Gasteiger partial charge >= 0.3 is 0 Å². The topological polar surface area (TPSA) is 63.4 Å². The number of rotatable bonds is 4. The number of aryl methyl sites for hydroxylation is 1. The molecule has 20 heavy (non-hydrogen) atoms. The molecule has 0 bridgehead atoms. The van der Waals surface area contributed by atoms with Crippen molar-refractivity contribution in [1.29, 1.82) is 0 Å². The second kappa shape index (κ2) is 5.84. The lowest BCUT2D eigenvalue weighted by Gasteiger charge is -2.34. The van der Waals surface area contributed by atoms with Gasteiger partial charge in [0.25, 0.3) is 0 Å². The number of sulfonamides is 1. The molecular weight excluding hydrogens is 272 g/mol. The van der Waals surface area contributed by atoms with E-state index in [1.807, 2.05) is 46.8 Å². The average Bonchev–Trinajstić information content (AvgIpc) is 2.36. The Kier molecular flexibility index (Phi) is 5.00. The van der Waals surface area contributed by atoms with Crippen molar-refractivity contribution >= 4 is 10.0 Å². The summed E-state index contributed by atoms with van der Waals surface area (Å²) in [6.07, 6.45) is 0. The number of hydrogen-bond acceptors (Lipinski definition) is 3. The van der Waals surface area contributed by atoms with Crippen LogP contribution in [0.15, 0.2) is 23.1 Å². The number of nitrogens with two attached hydrogens (primary N) is 1. The van der Waals surface area contributed by atoms with Crippen LogP contribution in [0.2, 0.25) is 0 Å². The van der Waals surface area contributed by atoms with E-state index in [0.717, 1.165) is 11.1 Å². The molecule has 1 unspecified atom stereocenters. The Bertz CT molecular complexity index is 574. The van der Waals surface area contributed by atoms with Gasteiger partial charge in [0.15, 0.2) is 0 Å². The van der Waals surface area contributed by atoms with Crippen molar-refractivity contribution in [3.63, 3.8) is 0 Å². The summed E-state index contributed by atoms with van der Waals surface area (Å²) in [5.41, 5.74) is 7.06. The smallest absolute Gasteiger partial charge is 0.243 e. The Morgan fingerprint density at radius 2 is 1.85 bits per heavy atom. The van der Waals surface area contributed by atoms with Gasteiger partial charge in [-0.3, -0.25) is 0 Å². The molecule has 0 saturated carbocycles. The van der Waals surface area contributed by atoms with Crippen LogP contribution in [0.3, 0.4) is 0 Å². The van der Waals surface area contributed by atoms with Crippen molar-refractivity contribution in [3.05, 3.63) is 29.3 Å². The van der Waals surface area contributed by atoms with Gasteiger partial charge < -0.3 is 5.73 Å². The summed E-state index contributed by atoms with van der Waals surface area (Å²) in [6, 6.07) is 5.25. The molecule has 1 aromatic rings. The van der Waals surface area contributed by atoms with Gasteiger partial charge in [0.2, 0.25) is 10.0 Å². The van der Waals surface area contributed by atoms with E-state index in [1.165, 1.54) is 4.31 Å². The molecule has 0 aliphatic carbocycles. The molecule has 0 aliphatic rings. The van der Waals surface area contributed by atoms with E-state index >= 15 is 0 Å². The van der Waals surface area contributed by atoms with E-state index in [9.17, 15) is 8.42 Å². The summed E-state index contributed by atoms with van der Waals surface area (Å²) in [5, 5.41) is 0. The third-order valence-electron chi connectivity index (χ3n) is 3.94. The highest BCUT2D eigenvalue weighted by Crippen LogP contribution is 2.29. The summed E-state index contributed by atoms with van der Waals surface area (Å²) >= 11 is 0. The predicted molar refractivity (Wildman–Crippen MR) is 82.9 cm³/mol. The van der Waals surface area contributed by atoms with Crippen LogP contribution in [0, 0.1) is 12.3 Å². The predicted octanol–water partition coefficient (Wildman–Crippen LogP) is 2.51.